The fourth-order valence-corrected chi connectivity index (χ4v) is 4.21. The number of amides is 3. The van der Waals surface area contributed by atoms with Crippen LogP contribution in [0.2, 0.25) is 0 Å². The van der Waals surface area contributed by atoms with Gasteiger partial charge >= 0.3 is 0 Å². The predicted molar refractivity (Wildman–Crippen MR) is 96.1 cm³/mol. The lowest BCUT2D eigenvalue weighted by Gasteiger charge is -2.25. The smallest absolute Gasteiger partial charge is 0.285 e. The van der Waals surface area contributed by atoms with E-state index in [0.717, 1.165) is 33.1 Å². The molecule has 1 aliphatic carbocycles. The van der Waals surface area contributed by atoms with Crippen molar-refractivity contribution in [1.29, 1.82) is 0 Å². The lowest BCUT2D eigenvalue weighted by atomic mass is 10.2. The molecule has 2 saturated heterocycles. The summed E-state index contributed by atoms with van der Waals surface area (Å²) in [5.74, 6) is -0.881. The number of fused-ring (bicyclic) bond motifs is 1. The Morgan fingerprint density at radius 3 is 2.40 bits per heavy atom. The standard InChI is InChI=1S/C17H14N2O4S2/c1-2-23-10-5-3-9(4-6-10)7-13-16(22)19(17(24)25-13)18-14(20)11-8-12(11)15(18)21/h3-7,11-12H,2,8H2,1H3. The van der Waals surface area contributed by atoms with Crippen molar-refractivity contribution in [3.63, 3.8) is 0 Å². The van der Waals surface area contributed by atoms with Crippen molar-refractivity contribution in [1.82, 2.24) is 10.0 Å². The Labute approximate surface area is 153 Å². The van der Waals surface area contributed by atoms with Crippen LogP contribution < -0.4 is 4.74 Å². The molecule has 3 fully saturated rings. The summed E-state index contributed by atoms with van der Waals surface area (Å²) in [6.45, 7) is 2.49. The average Bonchev–Trinajstić information content (AvgIpc) is 3.29. The topological polar surface area (TPSA) is 66.9 Å². The number of thioether (sulfide) groups is 1. The first-order valence-corrected chi connectivity index (χ1v) is 9.12. The molecule has 0 aromatic heterocycles. The van der Waals surface area contributed by atoms with Crippen molar-refractivity contribution in [3.8, 4) is 5.75 Å². The molecule has 8 heteroatoms. The van der Waals surface area contributed by atoms with E-state index in [2.05, 4.69) is 0 Å². The van der Waals surface area contributed by atoms with Crippen LogP contribution in [-0.2, 0) is 14.4 Å². The van der Waals surface area contributed by atoms with Crippen LogP contribution in [-0.4, -0.2) is 38.7 Å². The van der Waals surface area contributed by atoms with Crippen LogP contribution in [0.25, 0.3) is 6.08 Å². The van der Waals surface area contributed by atoms with Crippen molar-refractivity contribution in [2.24, 2.45) is 11.8 Å². The third kappa shape index (κ3) is 2.65. The maximum absolute atomic E-state index is 12.7. The monoisotopic (exact) mass is 374 g/mol. The molecule has 6 nitrogen and oxygen atoms in total. The Morgan fingerprint density at radius 1 is 1.16 bits per heavy atom. The number of hydrazine groups is 1. The number of hydrogen-bond acceptors (Lipinski definition) is 6. The molecule has 2 heterocycles. The molecule has 1 aromatic carbocycles. The molecule has 4 rings (SSSR count). The summed E-state index contributed by atoms with van der Waals surface area (Å²) >= 11 is 6.31. The van der Waals surface area contributed by atoms with E-state index in [-0.39, 0.29) is 28.0 Å². The number of piperidine rings is 1. The fraction of sp³-hybridized carbons (Fsp3) is 0.294. The Morgan fingerprint density at radius 2 is 1.80 bits per heavy atom. The van der Waals surface area contributed by atoms with Gasteiger partial charge in [-0.05, 0) is 49.3 Å². The summed E-state index contributed by atoms with van der Waals surface area (Å²) in [5, 5.41) is 1.97. The number of carbonyl (C=O) groups excluding carboxylic acids is 3. The number of imide groups is 1. The van der Waals surface area contributed by atoms with Gasteiger partial charge in [-0.3, -0.25) is 14.4 Å². The van der Waals surface area contributed by atoms with Gasteiger partial charge in [0.2, 0.25) is 0 Å². The molecule has 2 unspecified atom stereocenters. The van der Waals surface area contributed by atoms with Crippen molar-refractivity contribution in [2.45, 2.75) is 13.3 Å². The van der Waals surface area contributed by atoms with Crippen LogP contribution in [0.1, 0.15) is 18.9 Å². The zero-order valence-corrected chi connectivity index (χ0v) is 14.9. The van der Waals surface area contributed by atoms with Crippen molar-refractivity contribution >= 4 is 52.1 Å². The van der Waals surface area contributed by atoms with E-state index in [9.17, 15) is 14.4 Å². The molecule has 128 valence electrons. The van der Waals surface area contributed by atoms with Crippen molar-refractivity contribution < 1.29 is 19.1 Å². The van der Waals surface area contributed by atoms with Crippen LogP contribution in [0.3, 0.4) is 0 Å². The molecular formula is C17H14N2O4S2. The number of carbonyl (C=O) groups is 3. The van der Waals surface area contributed by atoms with Crippen LogP contribution in [0.4, 0.5) is 0 Å². The molecule has 2 aliphatic heterocycles. The van der Waals surface area contributed by atoms with Crippen molar-refractivity contribution in [3.05, 3.63) is 34.7 Å². The van der Waals surface area contributed by atoms with Gasteiger partial charge in [0.05, 0.1) is 23.3 Å². The van der Waals surface area contributed by atoms with E-state index >= 15 is 0 Å². The number of ether oxygens (including phenoxy) is 1. The third-order valence-corrected chi connectivity index (χ3v) is 5.59. The Balaban J connectivity index is 1.56. The Hall–Kier alpha value is -2.19. The van der Waals surface area contributed by atoms with Crippen LogP contribution in [0.15, 0.2) is 29.2 Å². The molecule has 0 radical (unpaired) electrons. The van der Waals surface area contributed by atoms with E-state index in [0.29, 0.717) is 17.9 Å². The lowest BCUT2D eigenvalue weighted by molar-refractivity contribution is -0.160. The summed E-state index contributed by atoms with van der Waals surface area (Å²) in [6, 6.07) is 7.30. The van der Waals surface area contributed by atoms with Crippen LogP contribution in [0, 0.1) is 11.8 Å². The minimum absolute atomic E-state index is 0.199. The molecule has 2 atom stereocenters. The molecule has 0 spiro atoms. The fourth-order valence-electron chi connectivity index (χ4n) is 2.97. The summed E-state index contributed by atoms with van der Waals surface area (Å²) in [5.41, 5.74) is 0.811. The van der Waals surface area contributed by atoms with Crippen LogP contribution >= 0.6 is 24.0 Å². The van der Waals surface area contributed by atoms with E-state index in [1.165, 1.54) is 0 Å². The quantitative estimate of drug-likeness (QED) is 0.457. The highest BCUT2D eigenvalue weighted by Gasteiger charge is 2.62. The van der Waals surface area contributed by atoms with Gasteiger partial charge in [0.1, 0.15) is 5.75 Å². The van der Waals surface area contributed by atoms with Gasteiger partial charge in [-0.1, -0.05) is 23.9 Å². The molecule has 0 N–H and O–H groups in total. The molecule has 1 aromatic rings. The van der Waals surface area contributed by atoms with Gasteiger partial charge < -0.3 is 4.74 Å². The molecule has 1 saturated carbocycles. The van der Waals surface area contributed by atoms with Gasteiger partial charge in [-0.25, -0.2) is 0 Å². The van der Waals surface area contributed by atoms with Gasteiger partial charge in [-0.15, -0.1) is 0 Å². The first kappa shape index (κ1) is 16.3. The first-order valence-electron chi connectivity index (χ1n) is 7.89. The number of hydrogen-bond donors (Lipinski definition) is 0. The Kier molecular flexibility index (Phi) is 3.88. The number of benzene rings is 1. The molecule has 0 bridgehead atoms. The normalized spacial score (nSPS) is 26.7. The minimum Gasteiger partial charge on any atom is -0.494 e. The Bertz CT molecular complexity index is 814. The first-order chi connectivity index (χ1) is 12.0. The highest BCUT2D eigenvalue weighted by atomic mass is 32.2. The second kappa shape index (κ2) is 5.96. The predicted octanol–water partition coefficient (Wildman–Crippen LogP) is 2.21. The zero-order valence-electron chi connectivity index (χ0n) is 13.3. The zero-order chi connectivity index (χ0) is 17.7. The SMILES string of the molecule is CCOc1ccc(C=C2SC(=S)N(N3C(=O)C4CC4C3=O)C2=O)cc1. The van der Waals surface area contributed by atoms with Crippen molar-refractivity contribution in [2.75, 3.05) is 6.61 Å². The maximum Gasteiger partial charge on any atom is 0.285 e. The minimum atomic E-state index is -0.438. The second-order valence-electron chi connectivity index (χ2n) is 5.93. The van der Waals surface area contributed by atoms with E-state index < -0.39 is 5.91 Å². The summed E-state index contributed by atoms with van der Waals surface area (Å²) in [7, 11) is 0. The highest BCUT2D eigenvalue weighted by molar-refractivity contribution is 8.26. The van der Waals surface area contributed by atoms with Gasteiger partial charge in [0.25, 0.3) is 17.7 Å². The summed E-state index contributed by atoms with van der Waals surface area (Å²) < 4.78 is 5.59. The van der Waals surface area contributed by atoms with E-state index in [4.69, 9.17) is 17.0 Å². The average molecular weight is 374 g/mol. The molecule has 3 aliphatic rings. The van der Waals surface area contributed by atoms with E-state index in [1.807, 2.05) is 31.2 Å². The van der Waals surface area contributed by atoms with E-state index in [1.54, 1.807) is 6.08 Å². The molecular weight excluding hydrogens is 360 g/mol. The summed E-state index contributed by atoms with van der Waals surface area (Å²) in [4.78, 5) is 37.5. The third-order valence-electron chi connectivity index (χ3n) is 4.30. The largest absolute Gasteiger partial charge is 0.494 e. The van der Waals surface area contributed by atoms with Gasteiger partial charge in [0, 0.05) is 0 Å². The highest BCUT2D eigenvalue weighted by Crippen LogP contribution is 2.49. The van der Waals surface area contributed by atoms with Gasteiger partial charge in [0.15, 0.2) is 4.32 Å². The number of rotatable bonds is 4. The number of thiocarbonyl (C=S) groups is 1. The lowest BCUT2D eigenvalue weighted by Crippen LogP contribution is -2.50. The summed E-state index contributed by atoms with van der Waals surface area (Å²) in [6.07, 6.45) is 2.28. The number of nitrogens with zero attached hydrogens (tertiary/aromatic N) is 2. The maximum atomic E-state index is 12.7. The molecule has 3 amide bonds. The van der Waals surface area contributed by atoms with Gasteiger partial charge in [-0.2, -0.15) is 10.0 Å². The second-order valence-corrected chi connectivity index (χ2v) is 7.61. The molecule has 25 heavy (non-hydrogen) atoms. The van der Waals surface area contributed by atoms with Crippen LogP contribution in [0.5, 0.6) is 5.75 Å².